The average Bonchev–Trinajstić information content (AvgIpc) is 2.75. The first-order valence-corrected chi connectivity index (χ1v) is 7.46. The topological polar surface area (TPSA) is 0 Å². The Balaban J connectivity index is 1.78. The van der Waals surface area contributed by atoms with Gasteiger partial charge in [-0.25, -0.2) is 0 Å². The maximum Gasteiger partial charge on any atom is -0.00923 e. The normalized spacial score (nSPS) is 25.7. The monoisotopic (exact) mass is 220 g/mol. The van der Waals surface area contributed by atoms with Crippen molar-refractivity contribution >= 4 is 8.58 Å². The van der Waals surface area contributed by atoms with Gasteiger partial charge in [-0.15, -0.1) is 8.58 Å². The third-order valence-electron chi connectivity index (χ3n) is 3.44. The van der Waals surface area contributed by atoms with E-state index < -0.39 is 0 Å². The molecule has 0 nitrogen and oxygen atoms in total. The minimum atomic E-state index is 1.04. The highest BCUT2D eigenvalue weighted by Crippen LogP contribution is 2.36. The molecule has 1 atom stereocenters. The highest BCUT2D eigenvalue weighted by atomic mass is 31.1. The molecule has 0 aromatic carbocycles. The van der Waals surface area contributed by atoms with Crippen LogP contribution in [-0.2, 0) is 0 Å². The molecule has 0 amide bonds. The average molecular weight is 220 g/mol. The van der Waals surface area contributed by atoms with Crippen LogP contribution in [0.15, 0.2) is 35.5 Å². The van der Waals surface area contributed by atoms with Crippen LogP contribution in [-0.4, -0.2) is 11.8 Å². The summed E-state index contributed by atoms with van der Waals surface area (Å²) in [5.74, 6) is 0. The zero-order valence-corrected chi connectivity index (χ0v) is 10.6. The second kappa shape index (κ2) is 5.66. The molecule has 1 heteroatoms. The standard InChI is InChI=1S/C14H21P/c1-2-12-7-6-8-13(12)11-15-14-9-4-3-5-10-14/h2,6-8,14-15H,3-5,9-11H2,1H3. The van der Waals surface area contributed by atoms with Crippen molar-refractivity contribution in [1.29, 1.82) is 0 Å². The molecule has 15 heavy (non-hydrogen) atoms. The van der Waals surface area contributed by atoms with Gasteiger partial charge in [0.2, 0.25) is 0 Å². The molecule has 1 saturated carbocycles. The van der Waals surface area contributed by atoms with Gasteiger partial charge < -0.3 is 0 Å². The van der Waals surface area contributed by atoms with Gasteiger partial charge in [-0.05, 0) is 42.7 Å². The molecule has 2 aliphatic carbocycles. The van der Waals surface area contributed by atoms with Crippen LogP contribution in [0.5, 0.6) is 0 Å². The van der Waals surface area contributed by atoms with Crippen molar-refractivity contribution in [2.45, 2.75) is 44.7 Å². The predicted octanol–water partition coefficient (Wildman–Crippen LogP) is 4.44. The zero-order chi connectivity index (χ0) is 10.5. The van der Waals surface area contributed by atoms with Gasteiger partial charge in [-0.1, -0.05) is 43.6 Å². The van der Waals surface area contributed by atoms with Gasteiger partial charge >= 0.3 is 0 Å². The molecule has 0 heterocycles. The lowest BCUT2D eigenvalue weighted by Gasteiger charge is -2.21. The van der Waals surface area contributed by atoms with Crippen molar-refractivity contribution in [3.05, 3.63) is 35.5 Å². The first kappa shape index (κ1) is 11.1. The van der Waals surface area contributed by atoms with Crippen LogP contribution in [0.3, 0.4) is 0 Å². The quantitative estimate of drug-likeness (QED) is 0.617. The van der Waals surface area contributed by atoms with E-state index in [9.17, 15) is 0 Å². The predicted molar refractivity (Wildman–Crippen MR) is 71.0 cm³/mol. The number of hydrogen-bond donors (Lipinski definition) is 0. The summed E-state index contributed by atoms with van der Waals surface area (Å²) in [4.78, 5) is 0. The summed E-state index contributed by atoms with van der Waals surface area (Å²) in [6.07, 6.45) is 17.7. The molecule has 0 saturated heterocycles. The van der Waals surface area contributed by atoms with Crippen molar-refractivity contribution in [2.75, 3.05) is 6.16 Å². The lowest BCUT2D eigenvalue weighted by Crippen LogP contribution is -2.07. The second-order valence-corrected chi connectivity index (χ2v) is 6.09. The van der Waals surface area contributed by atoms with E-state index in [2.05, 4.69) is 31.2 Å². The first-order valence-electron chi connectivity index (χ1n) is 6.17. The Kier molecular flexibility index (Phi) is 4.20. The maximum atomic E-state index is 2.30. The Morgan fingerprint density at radius 2 is 2.13 bits per heavy atom. The summed E-state index contributed by atoms with van der Waals surface area (Å²) in [7, 11) is 1.16. The molecule has 2 rings (SSSR count). The van der Waals surface area contributed by atoms with E-state index in [0.717, 1.165) is 14.2 Å². The minimum Gasteiger partial charge on any atom is -0.114 e. The Labute approximate surface area is 95.3 Å². The third-order valence-corrected chi connectivity index (χ3v) is 5.18. The molecule has 0 aliphatic heterocycles. The van der Waals surface area contributed by atoms with Gasteiger partial charge in [0.15, 0.2) is 0 Å². The van der Waals surface area contributed by atoms with Crippen molar-refractivity contribution in [2.24, 2.45) is 0 Å². The smallest absolute Gasteiger partial charge is 0.00923 e. The summed E-state index contributed by atoms with van der Waals surface area (Å²) in [6.45, 7) is 2.14. The summed E-state index contributed by atoms with van der Waals surface area (Å²) in [6, 6.07) is 0. The van der Waals surface area contributed by atoms with Crippen molar-refractivity contribution in [3.8, 4) is 0 Å². The highest BCUT2D eigenvalue weighted by Gasteiger charge is 2.14. The number of allylic oxidation sites excluding steroid dienone is 6. The van der Waals surface area contributed by atoms with Crippen molar-refractivity contribution in [1.82, 2.24) is 0 Å². The van der Waals surface area contributed by atoms with Crippen LogP contribution in [0.1, 0.15) is 39.0 Å². The van der Waals surface area contributed by atoms with Gasteiger partial charge in [0.05, 0.1) is 0 Å². The summed E-state index contributed by atoms with van der Waals surface area (Å²) in [5.41, 5.74) is 4.07. The van der Waals surface area contributed by atoms with Crippen molar-refractivity contribution < 1.29 is 0 Å². The number of rotatable bonds is 3. The summed E-state index contributed by atoms with van der Waals surface area (Å²) in [5, 5.41) is 0. The lowest BCUT2D eigenvalue weighted by atomic mass is 10.0. The van der Waals surface area contributed by atoms with Gasteiger partial charge in [0.25, 0.3) is 0 Å². The van der Waals surface area contributed by atoms with Crippen LogP contribution in [0, 0.1) is 0 Å². The molecule has 82 valence electrons. The summed E-state index contributed by atoms with van der Waals surface area (Å²) >= 11 is 0. The highest BCUT2D eigenvalue weighted by molar-refractivity contribution is 7.39. The van der Waals surface area contributed by atoms with E-state index in [4.69, 9.17) is 0 Å². The molecule has 2 aliphatic rings. The molecule has 0 bridgehead atoms. The fraction of sp³-hybridized carbons (Fsp3) is 0.571. The van der Waals surface area contributed by atoms with Gasteiger partial charge in [0, 0.05) is 0 Å². The van der Waals surface area contributed by atoms with E-state index in [1.807, 2.05) is 0 Å². The molecule has 0 spiro atoms. The molecule has 1 fully saturated rings. The van der Waals surface area contributed by atoms with Crippen LogP contribution in [0.2, 0.25) is 0 Å². The lowest BCUT2D eigenvalue weighted by molar-refractivity contribution is 0.513. The van der Waals surface area contributed by atoms with Gasteiger partial charge in [0.1, 0.15) is 0 Å². The molecule has 0 aromatic heterocycles. The third kappa shape index (κ3) is 3.05. The molecule has 0 aromatic rings. The van der Waals surface area contributed by atoms with Crippen LogP contribution < -0.4 is 0 Å². The zero-order valence-electron chi connectivity index (χ0n) is 9.63. The SMILES string of the molecule is CC=C1C=CC=C1CPC1CCCCC1. The maximum absolute atomic E-state index is 2.30. The second-order valence-electron chi connectivity index (χ2n) is 4.51. The van der Waals surface area contributed by atoms with Crippen molar-refractivity contribution in [3.63, 3.8) is 0 Å². The molecular formula is C14H21P. The van der Waals surface area contributed by atoms with Gasteiger partial charge in [-0.3, -0.25) is 0 Å². The van der Waals surface area contributed by atoms with E-state index >= 15 is 0 Å². The molecule has 0 N–H and O–H groups in total. The van der Waals surface area contributed by atoms with Crippen LogP contribution in [0.4, 0.5) is 0 Å². The molecular weight excluding hydrogens is 199 g/mol. The van der Waals surface area contributed by atoms with E-state index in [1.54, 1.807) is 5.57 Å². The van der Waals surface area contributed by atoms with E-state index in [-0.39, 0.29) is 0 Å². The van der Waals surface area contributed by atoms with Crippen LogP contribution >= 0.6 is 8.58 Å². The Hall–Kier alpha value is -0.350. The summed E-state index contributed by atoms with van der Waals surface area (Å²) < 4.78 is 0. The fourth-order valence-corrected chi connectivity index (χ4v) is 4.12. The Morgan fingerprint density at radius 1 is 1.33 bits per heavy atom. The number of hydrogen-bond acceptors (Lipinski definition) is 0. The molecule has 1 unspecified atom stereocenters. The Bertz CT molecular complexity index is 290. The van der Waals surface area contributed by atoms with E-state index in [0.29, 0.717) is 0 Å². The first-order chi connectivity index (χ1) is 7.40. The van der Waals surface area contributed by atoms with E-state index in [1.165, 1.54) is 43.8 Å². The fourth-order valence-electron chi connectivity index (χ4n) is 2.47. The largest absolute Gasteiger partial charge is 0.114 e. The minimum absolute atomic E-state index is 1.04. The Morgan fingerprint density at radius 3 is 2.87 bits per heavy atom. The van der Waals surface area contributed by atoms with Gasteiger partial charge in [-0.2, -0.15) is 0 Å². The van der Waals surface area contributed by atoms with Crippen LogP contribution in [0.25, 0.3) is 0 Å². The molecule has 0 radical (unpaired) electrons.